The van der Waals surface area contributed by atoms with Crippen molar-refractivity contribution in [2.24, 2.45) is 5.92 Å². The van der Waals surface area contributed by atoms with Gasteiger partial charge in [-0.1, -0.05) is 37.3 Å². The van der Waals surface area contributed by atoms with Crippen LogP contribution in [0.4, 0.5) is 0 Å². The summed E-state index contributed by atoms with van der Waals surface area (Å²) >= 11 is 0. The zero-order valence-corrected chi connectivity index (χ0v) is 11.4. The molecule has 2 fully saturated rings. The van der Waals surface area contributed by atoms with Crippen molar-refractivity contribution in [1.29, 1.82) is 0 Å². The first kappa shape index (κ1) is 12.7. The summed E-state index contributed by atoms with van der Waals surface area (Å²) in [6, 6.07) is 10.1. The van der Waals surface area contributed by atoms with Crippen molar-refractivity contribution < 1.29 is 9.90 Å². The van der Waals surface area contributed by atoms with E-state index in [9.17, 15) is 9.90 Å². The van der Waals surface area contributed by atoms with Crippen LogP contribution in [0.15, 0.2) is 30.3 Å². The number of fused-ring (bicyclic) bond motifs is 1. The Balaban J connectivity index is 2.00. The van der Waals surface area contributed by atoms with Crippen LogP contribution in [0.25, 0.3) is 0 Å². The maximum atomic E-state index is 12.3. The number of carbonyl (C=O) groups excluding carboxylic acids is 1. The Labute approximate surface area is 114 Å². The standard InChI is InChI=1S/C16H21NO2/c1-12-9-10-14(13-6-3-2-4-7-13)17-15(18)8-5-11-16(12,17)19/h2-4,6-7,12,14,19H,5,8-11H2,1H3/t12-,14+,16-/m1/s1. The number of aliphatic hydroxyl groups is 1. The third-order valence-electron chi connectivity index (χ3n) is 4.78. The van der Waals surface area contributed by atoms with Gasteiger partial charge in [0, 0.05) is 12.3 Å². The molecule has 0 aromatic heterocycles. The van der Waals surface area contributed by atoms with Gasteiger partial charge in [0.1, 0.15) is 5.72 Å². The van der Waals surface area contributed by atoms with Crippen LogP contribution in [0.2, 0.25) is 0 Å². The topological polar surface area (TPSA) is 40.5 Å². The summed E-state index contributed by atoms with van der Waals surface area (Å²) in [6.07, 6.45) is 4.00. The largest absolute Gasteiger partial charge is 0.370 e. The lowest BCUT2D eigenvalue weighted by Crippen LogP contribution is -2.61. The highest BCUT2D eigenvalue weighted by atomic mass is 16.3. The fourth-order valence-electron chi connectivity index (χ4n) is 3.64. The third-order valence-corrected chi connectivity index (χ3v) is 4.78. The van der Waals surface area contributed by atoms with Crippen LogP contribution >= 0.6 is 0 Å². The molecule has 3 heteroatoms. The summed E-state index contributed by atoms with van der Waals surface area (Å²) in [6.45, 7) is 2.06. The first-order chi connectivity index (χ1) is 9.13. The lowest BCUT2D eigenvalue weighted by atomic mass is 9.76. The first-order valence-electron chi connectivity index (χ1n) is 7.22. The van der Waals surface area contributed by atoms with Crippen molar-refractivity contribution in [3.8, 4) is 0 Å². The average Bonchev–Trinajstić information content (AvgIpc) is 2.42. The van der Waals surface area contributed by atoms with Crippen molar-refractivity contribution in [3.63, 3.8) is 0 Å². The number of piperidine rings is 2. The van der Waals surface area contributed by atoms with Gasteiger partial charge in [0.05, 0.1) is 6.04 Å². The molecule has 0 bridgehead atoms. The molecule has 2 heterocycles. The number of amides is 1. The molecule has 0 saturated carbocycles. The fourth-order valence-corrected chi connectivity index (χ4v) is 3.64. The summed E-state index contributed by atoms with van der Waals surface area (Å²) in [5, 5.41) is 11.0. The maximum Gasteiger partial charge on any atom is 0.225 e. The Morgan fingerprint density at radius 2 is 2.00 bits per heavy atom. The third kappa shape index (κ3) is 1.96. The summed E-state index contributed by atoms with van der Waals surface area (Å²) in [7, 11) is 0. The second-order valence-electron chi connectivity index (χ2n) is 5.90. The van der Waals surface area contributed by atoms with Gasteiger partial charge in [-0.15, -0.1) is 0 Å². The smallest absolute Gasteiger partial charge is 0.225 e. The van der Waals surface area contributed by atoms with Crippen molar-refractivity contribution in [2.45, 2.75) is 50.8 Å². The van der Waals surface area contributed by atoms with E-state index in [0.29, 0.717) is 12.8 Å². The monoisotopic (exact) mass is 259 g/mol. The zero-order chi connectivity index (χ0) is 13.5. The minimum absolute atomic E-state index is 0.0372. The van der Waals surface area contributed by atoms with Crippen molar-refractivity contribution in [2.75, 3.05) is 0 Å². The van der Waals surface area contributed by atoms with E-state index in [-0.39, 0.29) is 17.9 Å². The highest BCUT2D eigenvalue weighted by Gasteiger charge is 2.50. The highest BCUT2D eigenvalue weighted by Crippen LogP contribution is 2.46. The van der Waals surface area contributed by atoms with E-state index in [1.54, 1.807) is 4.90 Å². The van der Waals surface area contributed by atoms with E-state index in [2.05, 4.69) is 19.1 Å². The van der Waals surface area contributed by atoms with Gasteiger partial charge in [0.25, 0.3) is 0 Å². The van der Waals surface area contributed by atoms with Crippen LogP contribution in [0, 0.1) is 5.92 Å². The molecular formula is C16H21NO2. The second-order valence-corrected chi connectivity index (χ2v) is 5.90. The maximum absolute atomic E-state index is 12.3. The SMILES string of the molecule is C[C@@H]1CC[C@@H](c2ccccc2)N2C(=O)CCC[C@@]12O. The normalized spacial score (nSPS) is 35.1. The number of hydrogen-bond acceptors (Lipinski definition) is 2. The Kier molecular flexibility index (Phi) is 3.09. The summed E-state index contributed by atoms with van der Waals surface area (Å²) < 4.78 is 0. The zero-order valence-electron chi connectivity index (χ0n) is 11.4. The van der Waals surface area contributed by atoms with Gasteiger partial charge >= 0.3 is 0 Å². The number of nitrogens with zero attached hydrogens (tertiary/aromatic N) is 1. The van der Waals surface area contributed by atoms with Gasteiger partial charge in [-0.3, -0.25) is 4.79 Å². The number of carbonyl (C=O) groups is 1. The average molecular weight is 259 g/mol. The van der Waals surface area contributed by atoms with Crippen molar-refractivity contribution in [1.82, 2.24) is 4.90 Å². The molecule has 0 aliphatic carbocycles. The Bertz CT molecular complexity index is 473. The summed E-state index contributed by atoms with van der Waals surface area (Å²) in [5.41, 5.74) is 0.205. The molecular weight excluding hydrogens is 238 g/mol. The molecule has 3 nitrogen and oxygen atoms in total. The number of rotatable bonds is 1. The van der Waals surface area contributed by atoms with Gasteiger partial charge < -0.3 is 10.0 Å². The van der Waals surface area contributed by atoms with Gasteiger partial charge in [-0.05, 0) is 31.2 Å². The fraction of sp³-hybridized carbons (Fsp3) is 0.562. The van der Waals surface area contributed by atoms with Gasteiger partial charge in [-0.25, -0.2) is 0 Å². The molecule has 3 rings (SSSR count). The van der Waals surface area contributed by atoms with Crippen LogP contribution in [-0.2, 0) is 4.79 Å². The van der Waals surface area contributed by atoms with E-state index in [1.165, 1.54) is 0 Å². The molecule has 1 amide bonds. The van der Waals surface area contributed by atoms with Gasteiger partial charge in [0.15, 0.2) is 0 Å². The van der Waals surface area contributed by atoms with E-state index < -0.39 is 5.72 Å². The van der Waals surface area contributed by atoms with Crippen LogP contribution in [0.1, 0.15) is 50.6 Å². The summed E-state index contributed by atoms with van der Waals surface area (Å²) in [4.78, 5) is 14.1. The van der Waals surface area contributed by atoms with Crippen LogP contribution in [-0.4, -0.2) is 21.6 Å². The van der Waals surface area contributed by atoms with Crippen molar-refractivity contribution in [3.05, 3.63) is 35.9 Å². The minimum atomic E-state index is -0.936. The predicted molar refractivity (Wildman–Crippen MR) is 73.2 cm³/mol. The molecule has 19 heavy (non-hydrogen) atoms. The molecule has 2 saturated heterocycles. The van der Waals surface area contributed by atoms with Gasteiger partial charge in [-0.2, -0.15) is 0 Å². The number of hydrogen-bond donors (Lipinski definition) is 1. The Hall–Kier alpha value is -1.35. The molecule has 0 radical (unpaired) electrons. The van der Waals surface area contributed by atoms with E-state index >= 15 is 0 Å². The lowest BCUT2D eigenvalue weighted by molar-refractivity contribution is -0.210. The molecule has 0 spiro atoms. The molecule has 1 N–H and O–H groups in total. The molecule has 2 aliphatic rings. The molecule has 3 atom stereocenters. The van der Waals surface area contributed by atoms with Crippen LogP contribution in [0.5, 0.6) is 0 Å². The highest BCUT2D eigenvalue weighted by molar-refractivity contribution is 5.78. The molecule has 1 aromatic rings. The number of benzene rings is 1. The first-order valence-corrected chi connectivity index (χ1v) is 7.22. The molecule has 0 unspecified atom stereocenters. The predicted octanol–water partition coefficient (Wildman–Crippen LogP) is 2.86. The second kappa shape index (κ2) is 4.64. The lowest BCUT2D eigenvalue weighted by Gasteiger charge is -2.54. The molecule has 1 aromatic carbocycles. The van der Waals surface area contributed by atoms with Crippen molar-refractivity contribution >= 4 is 5.91 Å². The molecule has 102 valence electrons. The summed E-state index contributed by atoms with van der Waals surface area (Å²) in [5.74, 6) is 0.269. The van der Waals surface area contributed by atoms with E-state index in [1.807, 2.05) is 18.2 Å². The minimum Gasteiger partial charge on any atom is -0.370 e. The van der Waals surface area contributed by atoms with E-state index in [4.69, 9.17) is 0 Å². The van der Waals surface area contributed by atoms with Gasteiger partial charge in [0.2, 0.25) is 5.91 Å². The Morgan fingerprint density at radius 3 is 2.74 bits per heavy atom. The Morgan fingerprint density at radius 1 is 1.26 bits per heavy atom. The molecule has 2 aliphatic heterocycles. The van der Waals surface area contributed by atoms with E-state index in [0.717, 1.165) is 24.8 Å². The van der Waals surface area contributed by atoms with Crippen LogP contribution in [0.3, 0.4) is 0 Å². The quantitative estimate of drug-likeness (QED) is 0.842. The van der Waals surface area contributed by atoms with Crippen LogP contribution < -0.4 is 0 Å².